The second-order valence-electron chi connectivity index (χ2n) is 5.19. The molecule has 1 unspecified atom stereocenters. The number of rotatable bonds is 5. The van der Waals surface area contributed by atoms with Gasteiger partial charge in [-0.2, -0.15) is 0 Å². The van der Waals surface area contributed by atoms with Crippen LogP contribution in [0.4, 0.5) is 0 Å². The summed E-state index contributed by atoms with van der Waals surface area (Å²) >= 11 is 0. The average Bonchev–Trinajstić information content (AvgIpc) is 2.94. The molecule has 0 aliphatic heterocycles. The van der Waals surface area contributed by atoms with Crippen molar-refractivity contribution in [2.45, 2.75) is 19.5 Å². The van der Waals surface area contributed by atoms with Crippen molar-refractivity contribution in [1.82, 2.24) is 19.8 Å². The third-order valence-electron chi connectivity index (χ3n) is 3.38. The predicted octanol–water partition coefficient (Wildman–Crippen LogP) is 1.96. The summed E-state index contributed by atoms with van der Waals surface area (Å²) in [5, 5.41) is 0. The van der Waals surface area contributed by atoms with Gasteiger partial charge in [0.05, 0.1) is 12.2 Å². The third-order valence-corrected chi connectivity index (χ3v) is 3.38. The average molecular weight is 288 g/mol. The Hall–Kier alpha value is -2.21. The molecule has 0 saturated carbocycles. The zero-order valence-electron chi connectivity index (χ0n) is 12.8. The van der Waals surface area contributed by atoms with Crippen LogP contribution >= 0.6 is 0 Å². The molecular formula is C15H20N4O2. The van der Waals surface area contributed by atoms with Gasteiger partial charge in [0, 0.05) is 26.3 Å². The van der Waals surface area contributed by atoms with Gasteiger partial charge in [-0.3, -0.25) is 9.69 Å². The van der Waals surface area contributed by atoms with Crippen molar-refractivity contribution >= 4 is 5.91 Å². The molecule has 2 aromatic heterocycles. The second kappa shape index (κ2) is 6.49. The molecule has 0 fully saturated rings. The molecule has 0 radical (unpaired) electrons. The molecule has 0 N–H and O–H groups in total. The highest BCUT2D eigenvalue weighted by Crippen LogP contribution is 2.19. The van der Waals surface area contributed by atoms with E-state index >= 15 is 0 Å². The van der Waals surface area contributed by atoms with Gasteiger partial charge < -0.3 is 9.32 Å². The van der Waals surface area contributed by atoms with Crippen molar-refractivity contribution in [3.8, 4) is 0 Å². The molecule has 2 aromatic rings. The first-order chi connectivity index (χ1) is 9.99. The van der Waals surface area contributed by atoms with E-state index in [0.29, 0.717) is 12.3 Å². The Kier molecular flexibility index (Phi) is 4.70. The number of nitrogens with zero attached hydrogens (tertiary/aromatic N) is 4. The number of furan rings is 1. The molecule has 1 amide bonds. The van der Waals surface area contributed by atoms with Gasteiger partial charge in [-0.1, -0.05) is 0 Å². The van der Waals surface area contributed by atoms with E-state index in [4.69, 9.17) is 4.42 Å². The van der Waals surface area contributed by atoms with E-state index in [1.165, 1.54) is 4.90 Å². The Morgan fingerprint density at radius 3 is 2.67 bits per heavy atom. The number of hydrogen-bond acceptors (Lipinski definition) is 5. The molecule has 0 aromatic carbocycles. The van der Waals surface area contributed by atoms with Crippen LogP contribution in [0, 0.1) is 0 Å². The summed E-state index contributed by atoms with van der Waals surface area (Å²) in [7, 11) is 5.39. The van der Waals surface area contributed by atoms with Crippen molar-refractivity contribution in [3.05, 3.63) is 47.9 Å². The van der Waals surface area contributed by atoms with E-state index in [1.54, 1.807) is 32.7 Å². The van der Waals surface area contributed by atoms with Crippen LogP contribution in [0.25, 0.3) is 0 Å². The van der Waals surface area contributed by atoms with Gasteiger partial charge in [-0.15, -0.1) is 0 Å². The standard InChI is InChI=1S/C15H20N4O2/c1-11(13-7-8-16-10-17-13)19(4)9-12-5-6-14(21-12)15(20)18(2)3/h5-8,10-11H,9H2,1-4H3. The molecule has 0 saturated heterocycles. The van der Waals surface area contributed by atoms with Crippen molar-refractivity contribution in [2.24, 2.45) is 0 Å². The molecular weight excluding hydrogens is 268 g/mol. The number of carbonyl (C=O) groups excluding carboxylic acids is 1. The maximum absolute atomic E-state index is 11.8. The molecule has 0 aliphatic rings. The van der Waals surface area contributed by atoms with Crippen LogP contribution in [0.2, 0.25) is 0 Å². The van der Waals surface area contributed by atoms with Crippen LogP contribution in [-0.2, 0) is 6.54 Å². The van der Waals surface area contributed by atoms with Gasteiger partial charge in [-0.25, -0.2) is 9.97 Å². The molecule has 112 valence electrons. The summed E-state index contributed by atoms with van der Waals surface area (Å²) in [6, 6.07) is 5.57. The maximum Gasteiger partial charge on any atom is 0.289 e. The quantitative estimate of drug-likeness (QED) is 0.841. The molecule has 0 aliphatic carbocycles. The van der Waals surface area contributed by atoms with E-state index in [9.17, 15) is 4.79 Å². The van der Waals surface area contributed by atoms with Gasteiger partial charge in [0.25, 0.3) is 5.91 Å². The monoisotopic (exact) mass is 288 g/mol. The van der Waals surface area contributed by atoms with Gasteiger partial charge in [0.1, 0.15) is 12.1 Å². The van der Waals surface area contributed by atoms with Crippen LogP contribution in [0.3, 0.4) is 0 Å². The van der Waals surface area contributed by atoms with Gasteiger partial charge in [-0.05, 0) is 32.2 Å². The summed E-state index contributed by atoms with van der Waals surface area (Å²) in [4.78, 5) is 23.6. The lowest BCUT2D eigenvalue weighted by atomic mass is 10.2. The van der Waals surface area contributed by atoms with Gasteiger partial charge in [0.15, 0.2) is 5.76 Å². The molecule has 0 spiro atoms. The SMILES string of the molecule is CC(c1ccncn1)N(C)Cc1ccc(C(=O)N(C)C)o1. The lowest BCUT2D eigenvalue weighted by Gasteiger charge is -2.22. The first-order valence-electron chi connectivity index (χ1n) is 6.75. The maximum atomic E-state index is 11.8. The molecule has 6 nitrogen and oxygen atoms in total. The smallest absolute Gasteiger partial charge is 0.289 e. The fourth-order valence-corrected chi connectivity index (χ4v) is 1.95. The van der Waals surface area contributed by atoms with Crippen molar-refractivity contribution in [1.29, 1.82) is 0 Å². The van der Waals surface area contributed by atoms with E-state index in [2.05, 4.69) is 21.8 Å². The minimum atomic E-state index is -0.132. The first kappa shape index (κ1) is 15.2. The van der Waals surface area contributed by atoms with Crippen LogP contribution in [0.1, 0.15) is 35.0 Å². The third kappa shape index (κ3) is 3.66. The summed E-state index contributed by atoms with van der Waals surface area (Å²) < 4.78 is 5.60. The first-order valence-corrected chi connectivity index (χ1v) is 6.75. The second-order valence-corrected chi connectivity index (χ2v) is 5.19. The Labute approximate surface area is 124 Å². The fourth-order valence-electron chi connectivity index (χ4n) is 1.95. The topological polar surface area (TPSA) is 62.5 Å². The van der Waals surface area contributed by atoms with Crippen LogP contribution < -0.4 is 0 Å². The van der Waals surface area contributed by atoms with Crippen molar-refractivity contribution in [3.63, 3.8) is 0 Å². The van der Waals surface area contributed by atoms with E-state index in [0.717, 1.165) is 11.5 Å². The van der Waals surface area contributed by atoms with Crippen LogP contribution in [0.15, 0.2) is 35.1 Å². The van der Waals surface area contributed by atoms with Gasteiger partial charge >= 0.3 is 0 Å². The fraction of sp³-hybridized carbons (Fsp3) is 0.400. The Balaban J connectivity index is 2.03. The number of hydrogen-bond donors (Lipinski definition) is 0. The zero-order chi connectivity index (χ0) is 15.4. The number of amides is 1. The molecule has 2 heterocycles. The molecule has 6 heteroatoms. The number of carbonyl (C=O) groups is 1. The Morgan fingerprint density at radius 2 is 2.05 bits per heavy atom. The van der Waals surface area contributed by atoms with Crippen molar-refractivity contribution < 1.29 is 9.21 Å². The Bertz CT molecular complexity index is 595. The van der Waals surface area contributed by atoms with Crippen LogP contribution in [-0.4, -0.2) is 46.8 Å². The van der Waals surface area contributed by atoms with E-state index in [-0.39, 0.29) is 11.9 Å². The molecule has 0 bridgehead atoms. The van der Waals surface area contributed by atoms with Gasteiger partial charge in [0.2, 0.25) is 0 Å². The number of aromatic nitrogens is 2. The minimum Gasteiger partial charge on any atom is -0.455 e. The summed E-state index contributed by atoms with van der Waals surface area (Å²) in [6.07, 6.45) is 3.27. The highest BCUT2D eigenvalue weighted by molar-refractivity contribution is 5.91. The Morgan fingerprint density at radius 1 is 1.29 bits per heavy atom. The minimum absolute atomic E-state index is 0.131. The van der Waals surface area contributed by atoms with Crippen LogP contribution in [0.5, 0.6) is 0 Å². The lowest BCUT2D eigenvalue weighted by molar-refractivity contribution is 0.0792. The predicted molar refractivity (Wildman–Crippen MR) is 78.6 cm³/mol. The summed E-state index contributed by atoms with van der Waals surface area (Å²) in [6.45, 7) is 2.67. The molecule has 21 heavy (non-hydrogen) atoms. The molecule has 1 atom stereocenters. The normalized spacial score (nSPS) is 12.4. The van der Waals surface area contributed by atoms with E-state index < -0.39 is 0 Å². The highest BCUT2D eigenvalue weighted by atomic mass is 16.4. The lowest BCUT2D eigenvalue weighted by Crippen LogP contribution is -2.23. The largest absolute Gasteiger partial charge is 0.455 e. The van der Waals surface area contributed by atoms with E-state index in [1.807, 2.05) is 19.2 Å². The zero-order valence-corrected chi connectivity index (χ0v) is 12.8. The van der Waals surface area contributed by atoms with Crippen molar-refractivity contribution in [2.75, 3.05) is 21.1 Å². The summed E-state index contributed by atoms with van der Waals surface area (Å²) in [5.41, 5.74) is 0.948. The molecule has 2 rings (SSSR count). The highest BCUT2D eigenvalue weighted by Gasteiger charge is 2.17. The summed E-state index contributed by atoms with van der Waals surface area (Å²) in [5.74, 6) is 0.981.